The van der Waals surface area contributed by atoms with Gasteiger partial charge in [0, 0.05) is 13.1 Å². The molecule has 4 nitrogen and oxygen atoms in total. The average molecular weight is 225 g/mol. The lowest BCUT2D eigenvalue weighted by Crippen LogP contribution is -2.52. The van der Waals surface area contributed by atoms with Gasteiger partial charge in [0.2, 0.25) is 5.91 Å². The van der Waals surface area contributed by atoms with Crippen LogP contribution in [0.4, 0.5) is 0 Å². The summed E-state index contributed by atoms with van der Waals surface area (Å²) in [6.07, 6.45) is 4.69. The monoisotopic (exact) mass is 225 g/mol. The van der Waals surface area contributed by atoms with Crippen LogP contribution in [0.15, 0.2) is 0 Å². The molecule has 0 bridgehead atoms. The number of rotatable bonds is 4. The number of nitrogens with one attached hydrogen (secondary N) is 2. The van der Waals surface area contributed by atoms with E-state index in [1.807, 2.05) is 6.92 Å². The molecule has 92 valence electrons. The van der Waals surface area contributed by atoms with E-state index in [2.05, 4.69) is 15.5 Å². The van der Waals surface area contributed by atoms with Gasteiger partial charge in [0.05, 0.1) is 5.54 Å². The van der Waals surface area contributed by atoms with Crippen LogP contribution in [0, 0.1) is 0 Å². The van der Waals surface area contributed by atoms with Crippen molar-refractivity contribution in [3.63, 3.8) is 0 Å². The highest BCUT2D eigenvalue weighted by Crippen LogP contribution is 2.18. The van der Waals surface area contributed by atoms with Crippen molar-refractivity contribution in [3.05, 3.63) is 0 Å². The molecule has 1 unspecified atom stereocenters. The highest BCUT2D eigenvalue weighted by Gasteiger charge is 2.35. The number of amides is 1. The lowest BCUT2D eigenvalue weighted by molar-refractivity contribution is -0.126. The first kappa shape index (κ1) is 11.9. The van der Waals surface area contributed by atoms with Gasteiger partial charge in [-0.3, -0.25) is 4.79 Å². The molecular formula is C12H23N3O. The number of carbonyl (C=O) groups excluding carboxylic acids is 1. The Kier molecular flexibility index (Phi) is 3.82. The van der Waals surface area contributed by atoms with E-state index in [0.29, 0.717) is 0 Å². The van der Waals surface area contributed by atoms with Crippen LogP contribution in [0.3, 0.4) is 0 Å². The Labute approximate surface area is 97.8 Å². The predicted octanol–water partition coefficient (Wildman–Crippen LogP) is 0.341. The van der Waals surface area contributed by atoms with Gasteiger partial charge in [-0.25, -0.2) is 0 Å². The fourth-order valence-electron chi connectivity index (χ4n) is 2.62. The molecule has 2 saturated heterocycles. The molecule has 1 atom stereocenters. The first-order chi connectivity index (χ1) is 7.71. The molecule has 0 aromatic heterocycles. The van der Waals surface area contributed by atoms with Crippen LogP contribution in [0.1, 0.15) is 32.6 Å². The number of hydrogen-bond donors (Lipinski definition) is 2. The summed E-state index contributed by atoms with van der Waals surface area (Å²) in [5.41, 5.74) is -0.314. The molecule has 0 aliphatic carbocycles. The second kappa shape index (κ2) is 5.15. The van der Waals surface area contributed by atoms with E-state index in [4.69, 9.17) is 0 Å². The Bertz CT molecular complexity index is 243. The average Bonchev–Trinajstić information content (AvgIpc) is 2.90. The molecule has 2 fully saturated rings. The zero-order valence-corrected chi connectivity index (χ0v) is 10.2. The summed E-state index contributed by atoms with van der Waals surface area (Å²) >= 11 is 0. The summed E-state index contributed by atoms with van der Waals surface area (Å²) in [4.78, 5) is 14.4. The van der Waals surface area contributed by atoms with Gasteiger partial charge in [-0.15, -0.1) is 0 Å². The number of carbonyl (C=O) groups is 1. The summed E-state index contributed by atoms with van der Waals surface area (Å²) in [5.74, 6) is 0.171. The van der Waals surface area contributed by atoms with Crippen LogP contribution < -0.4 is 10.6 Å². The third-order valence-electron chi connectivity index (χ3n) is 3.78. The van der Waals surface area contributed by atoms with Gasteiger partial charge in [0.25, 0.3) is 0 Å². The largest absolute Gasteiger partial charge is 0.353 e. The molecule has 4 heteroatoms. The highest BCUT2D eigenvalue weighted by atomic mass is 16.2. The molecule has 0 aromatic carbocycles. The molecule has 2 aliphatic rings. The summed E-state index contributed by atoms with van der Waals surface area (Å²) in [6, 6.07) is 0. The quantitative estimate of drug-likeness (QED) is 0.725. The molecule has 1 amide bonds. The van der Waals surface area contributed by atoms with Crippen LogP contribution in [0.2, 0.25) is 0 Å². The molecule has 0 radical (unpaired) electrons. The molecule has 2 N–H and O–H groups in total. The van der Waals surface area contributed by atoms with Crippen LogP contribution in [0.5, 0.6) is 0 Å². The lowest BCUT2D eigenvalue weighted by Gasteiger charge is -2.24. The first-order valence-electron chi connectivity index (χ1n) is 6.46. The van der Waals surface area contributed by atoms with Gasteiger partial charge in [-0.1, -0.05) is 0 Å². The van der Waals surface area contributed by atoms with Crippen molar-refractivity contribution in [2.24, 2.45) is 0 Å². The van der Waals surface area contributed by atoms with Crippen molar-refractivity contribution in [1.82, 2.24) is 15.5 Å². The fourth-order valence-corrected chi connectivity index (χ4v) is 2.62. The molecule has 2 rings (SSSR count). The van der Waals surface area contributed by atoms with Crippen LogP contribution >= 0.6 is 0 Å². The maximum Gasteiger partial charge on any atom is 0.240 e. The Morgan fingerprint density at radius 1 is 1.38 bits per heavy atom. The normalized spacial score (nSPS) is 30.8. The fraction of sp³-hybridized carbons (Fsp3) is 0.917. The van der Waals surface area contributed by atoms with Crippen molar-refractivity contribution in [2.75, 3.05) is 32.7 Å². The van der Waals surface area contributed by atoms with Crippen LogP contribution in [0.25, 0.3) is 0 Å². The van der Waals surface area contributed by atoms with Crippen molar-refractivity contribution in [3.8, 4) is 0 Å². The predicted molar refractivity (Wildman–Crippen MR) is 64.3 cm³/mol. The molecule has 0 spiro atoms. The standard InChI is InChI=1S/C12H23N3O/c1-12(5-4-6-14-12)11(16)13-7-10-15-8-2-3-9-15/h14H,2-10H2,1H3,(H,13,16). The van der Waals surface area contributed by atoms with Gasteiger partial charge in [-0.2, -0.15) is 0 Å². The Morgan fingerprint density at radius 3 is 2.75 bits per heavy atom. The lowest BCUT2D eigenvalue weighted by atomic mass is 9.99. The van der Waals surface area contributed by atoms with Crippen LogP contribution in [-0.2, 0) is 4.79 Å². The molecular weight excluding hydrogens is 202 g/mol. The minimum atomic E-state index is -0.314. The SMILES string of the molecule is CC1(C(=O)NCCN2CCCC2)CCCN1. The van der Waals surface area contributed by atoms with Crippen molar-refractivity contribution >= 4 is 5.91 Å². The third kappa shape index (κ3) is 2.74. The molecule has 2 aliphatic heterocycles. The number of likely N-dealkylation sites (tertiary alicyclic amines) is 1. The van der Waals surface area contributed by atoms with Gasteiger partial charge >= 0.3 is 0 Å². The zero-order chi connectivity index (χ0) is 11.4. The van der Waals surface area contributed by atoms with E-state index >= 15 is 0 Å². The summed E-state index contributed by atoms with van der Waals surface area (Å²) in [7, 11) is 0. The van der Waals surface area contributed by atoms with E-state index in [-0.39, 0.29) is 11.4 Å². The third-order valence-corrected chi connectivity index (χ3v) is 3.78. The van der Waals surface area contributed by atoms with Crippen molar-refractivity contribution in [2.45, 2.75) is 38.1 Å². The number of nitrogens with zero attached hydrogens (tertiary/aromatic N) is 1. The smallest absolute Gasteiger partial charge is 0.240 e. The Balaban J connectivity index is 1.67. The molecule has 0 saturated carbocycles. The van der Waals surface area contributed by atoms with Gasteiger partial charge < -0.3 is 15.5 Å². The van der Waals surface area contributed by atoms with E-state index in [1.165, 1.54) is 25.9 Å². The topological polar surface area (TPSA) is 44.4 Å². The second-order valence-electron chi connectivity index (χ2n) is 5.17. The maximum atomic E-state index is 11.9. The maximum absolute atomic E-state index is 11.9. The van der Waals surface area contributed by atoms with Crippen molar-refractivity contribution in [1.29, 1.82) is 0 Å². The molecule has 2 heterocycles. The van der Waals surface area contributed by atoms with E-state index in [0.717, 1.165) is 32.5 Å². The zero-order valence-electron chi connectivity index (χ0n) is 10.2. The van der Waals surface area contributed by atoms with Crippen molar-refractivity contribution < 1.29 is 4.79 Å². The minimum Gasteiger partial charge on any atom is -0.353 e. The summed E-state index contributed by atoms with van der Waals surface area (Å²) in [5, 5.41) is 6.33. The molecule has 0 aromatic rings. The van der Waals surface area contributed by atoms with E-state index < -0.39 is 0 Å². The van der Waals surface area contributed by atoms with Crippen LogP contribution in [-0.4, -0.2) is 49.1 Å². The van der Waals surface area contributed by atoms with Gasteiger partial charge in [0.1, 0.15) is 0 Å². The summed E-state index contributed by atoms with van der Waals surface area (Å²) < 4.78 is 0. The second-order valence-corrected chi connectivity index (χ2v) is 5.17. The van der Waals surface area contributed by atoms with E-state index in [1.54, 1.807) is 0 Å². The summed E-state index contributed by atoms with van der Waals surface area (Å²) in [6.45, 7) is 7.16. The first-order valence-corrected chi connectivity index (χ1v) is 6.46. The van der Waals surface area contributed by atoms with E-state index in [9.17, 15) is 4.79 Å². The highest BCUT2D eigenvalue weighted by molar-refractivity contribution is 5.86. The Morgan fingerprint density at radius 2 is 2.12 bits per heavy atom. The Hall–Kier alpha value is -0.610. The number of hydrogen-bond acceptors (Lipinski definition) is 3. The van der Waals surface area contributed by atoms with Gasteiger partial charge in [0.15, 0.2) is 0 Å². The minimum absolute atomic E-state index is 0.171. The van der Waals surface area contributed by atoms with Gasteiger partial charge in [-0.05, 0) is 52.2 Å². The molecule has 16 heavy (non-hydrogen) atoms.